The molecule has 0 fully saturated rings. The summed E-state index contributed by atoms with van der Waals surface area (Å²) < 4.78 is 0. The number of carbonyl (C=O) groups excluding carboxylic acids is 1. The van der Waals surface area contributed by atoms with Gasteiger partial charge in [0.2, 0.25) is 0 Å². The van der Waals surface area contributed by atoms with Crippen LogP contribution in [0.25, 0.3) is 0 Å². The second-order valence-corrected chi connectivity index (χ2v) is 2.55. The number of amides is 2. The van der Waals surface area contributed by atoms with Crippen LogP contribution < -0.4 is 11.2 Å². The minimum Gasteiger partial charge on any atom is -0.350 e. The lowest BCUT2D eigenvalue weighted by molar-refractivity contribution is 0.249. The van der Waals surface area contributed by atoms with E-state index in [1.165, 1.54) is 6.21 Å². The molecule has 0 aliphatic carbocycles. The van der Waals surface area contributed by atoms with Crippen LogP contribution >= 0.6 is 0 Å². The Morgan fingerprint density at radius 2 is 2.14 bits per heavy atom. The standard InChI is InChI=1S/C10H15N3O/c1-3-4-5-6-9(2)7-8-12-13-10(11)14/h3-8H,1-2H3,(H3,11,13,14). The van der Waals surface area contributed by atoms with E-state index in [4.69, 9.17) is 5.73 Å². The van der Waals surface area contributed by atoms with Crippen molar-refractivity contribution in [2.45, 2.75) is 13.8 Å². The van der Waals surface area contributed by atoms with Gasteiger partial charge in [-0.3, -0.25) is 0 Å². The summed E-state index contributed by atoms with van der Waals surface area (Å²) in [7, 11) is 0. The molecule has 14 heavy (non-hydrogen) atoms. The maximum absolute atomic E-state index is 10.2. The third kappa shape index (κ3) is 8.26. The summed E-state index contributed by atoms with van der Waals surface area (Å²) in [6.07, 6.45) is 10.9. The molecule has 0 atom stereocenters. The number of nitrogens with two attached hydrogens (primary N) is 1. The first-order chi connectivity index (χ1) is 6.66. The van der Waals surface area contributed by atoms with E-state index in [2.05, 4.69) is 10.5 Å². The lowest BCUT2D eigenvalue weighted by Crippen LogP contribution is -2.24. The average Bonchev–Trinajstić information content (AvgIpc) is 2.13. The number of primary amides is 1. The normalized spacial score (nSPS) is 13.1. The molecular weight excluding hydrogens is 178 g/mol. The van der Waals surface area contributed by atoms with Crippen LogP contribution in [0.15, 0.2) is 41.1 Å². The van der Waals surface area contributed by atoms with Gasteiger partial charge in [-0.15, -0.1) is 0 Å². The number of carbonyl (C=O) groups is 1. The smallest absolute Gasteiger partial charge is 0.332 e. The molecule has 0 radical (unpaired) electrons. The number of hydrogen-bond acceptors (Lipinski definition) is 2. The van der Waals surface area contributed by atoms with Crippen molar-refractivity contribution in [3.05, 3.63) is 36.0 Å². The second kappa shape index (κ2) is 7.79. The molecule has 4 heteroatoms. The zero-order valence-electron chi connectivity index (χ0n) is 8.40. The van der Waals surface area contributed by atoms with Gasteiger partial charge in [0.05, 0.1) is 0 Å². The Morgan fingerprint density at radius 3 is 2.71 bits per heavy atom. The van der Waals surface area contributed by atoms with Gasteiger partial charge in [0, 0.05) is 6.21 Å². The van der Waals surface area contributed by atoms with Crippen LogP contribution in [-0.4, -0.2) is 12.2 Å². The Balaban J connectivity index is 3.99. The minimum atomic E-state index is -0.670. The zero-order chi connectivity index (χ0) is 10.8. The molecule has 0 aromatic rings. The molecule has 0 unspecified atom stereocenters. The molecule has 0 aliphatic rings. The lowest BCUT2D eigenvalue weighted by atomic mass is 10.2. The fourth-order valence-electron chi connectivity index (χ4n) is 0.630. The number of nitrogens with zero attached hydrogens (tertiary/aromatic N) is 1. The molecule has 0 saturated heterocycles. The monoisotopic (exact) mass is 193 g/mol. The number of hydrazone groups is 1. The van der Waals surface area contributed by atoms with Gasteiger partial charge >= 0.3 is 6.03 Å². The highest BCUT2D eigenvalue weighted by atomic mass is 16.2. The Morgan fingerprint density at radius 1 is 1.43 bits per heavy atom. The highest BCUT2D eigenvalue weighted by Crippen LogP contribution is 1.92. The first-order valence-electron chi connectivity index (χ1n) is 4.21. The van der Waals surface area contributed by atoms with Crippen molar-refractivity contribution in [3.8, 4) is 0 Å². The first-order valence-corrected chi connectivity index (χ1v) is 4.21. The van der Waals surface area contributed by atoms with E-state index in [1.807, 2.05) is 38.2 Å². The fraction of sp³-hybridized carbons (Fsp3) is 0.200. The van der Waals surface area contributed by atoms with Crippen molar-refractivity contribution >= 4 is 12.2 Å². The van der Waals surface area contributed by atoms with Crippen molar-refractivity contribution in [1.29, 1.82) is 0 Å². The van der Waals surface area contributed by atoms with Crippen molar-refractivity contribution < 1.29 is 4.79 Å². The third-order valence-corrected chi connectivity index (χ3v) is 1.25. The fourth-order valence-corrected chi connectivity index (χ4v) is 0.630. The van der Waals surface area contributed by atoms with Crippen molar-refractivity contribution in [2.75, 3.05) is 0 Å². The highest BCUT2D eigenvalue weighted by molar-refractivity contribution is 5.76. The Hall–Kier alpha value is -1.84. The lowest BCUT2D eigenvalue weighted by Gasteiger charge is -1.89. The van der Waals surface area contributed by atoms with Crippen molar-refractivity contribution in [1.82, 2.24) is 5.43 Å². The number of hydrogen-bond donors (Lipinski definition) is 2. The van der Waals surface area contributed by atoms with Crippen LogP contribution in [0.2, 0.25) is 0 Å². The van der Waals surface area contributed by atoms with Crippen molar-refractivity contribution in [3.63, 3.8) is 0 Å². The van der Waals surface area contributed by atoms with E-state index in [1.54, 1.807) is 6.08 Å². The summed E-state index contributed by atoms with van der Waals surface area (Å²) in [5, 5.41) is 3.56. The maximum Gasteiger partial charge on any atom is 0.332 e. The van der Waals surface area contributed by atoms with Gasteiger partial charge in [-0.1, -0.05) is 24.3 Å². The molecule has 2 amide bonds. The van der Waals surface area contributed by atoms with E-state index >= 15 is 0 Å². The van der Waals surface area contributed by atoms with E-state index in [0.717, 1.165) is 5.57 Å². The SMILES string of the molecule is CC=CC=CC(C)=CC=NNC(N)=O. The molecule has 0 saturated carbocycles. The quantitative estimate of drug-likeness (QED) is 0.398. The number of nitrogens with one attached hydrogen (secondary N) is 1. The van der Waals surface area contributed by atoms with Crippen LogP contribution in [0.5, 0.6) is 0 Å². The van der Waals surface area contributed by atoms with Gasteiger partial charge in [0.25, 0.3) is 0 Å². The Kier molecular flexibility index (Phi) is 6.77. The van der Waals surface area contributed by atoms with Gasteiger partial charge in [-0.25, -0.2) is 10.2 Å². The van der Waals surface area contributed by atoms with Crippen LogP contribution in [0.3, 0.4) is 0 Å². The van der Waals surface area contributed by atoms with E-state index in [-0.39, 0.29) is 0 Å². The second-order valence-electron chi connectivity index (χ2n) is 2.55. The molecule has 0 aliphatic heterocycles. The number of urea groups is 1. The summed E-state index contributed by atoms with van der Waals surface area (Å²) >= 11 is 0. The van der Waals surface area contributed by atoms with Crippen LogP contribution in [0, 0.1) is 0 Å². The van der Waals surface area contributed by atoms with Crippen LogP contribution in [0.4, 0.5) is 4.79 Å². The largest absolute Gasteiger partial charge is 0.350 e. The average molecular weight is 193 g/mol. The number of allylic oxidation sites excluding steroid dienone is 6. The van der Waals surface area contributed by atoms with E-state index in [0.29, 0.717) is 0 Å². The predicted molar refractivity (Wildman–Crippen MR) is 58.9 cm³/mol. The van der Waals surface area contributed by atoms with Crippen LogP contribution in [0.1, 0.15) is 13.8 Å². The predicted octanol–water partition coefficient (Wildman–Crippen LogP) is 1.72. The molecule has 0 aromatic carbocycles. The molecule has 0 aromatic heterocycles. The maximum atomic E-state index is 10.2. The summed E-state index contributed by atoms with van der Waals surface area (Å²) in [6, 6.07) is -0.670. The van der Waals surface area contributed by atoms with Crippen molar-refractivity contribution in [2.24, 2.45) is 10.8 Å². The summed E-state index contributed by atoms with van der Waals surface area (Å²) in [6.45, 7) is 3.87. The van der Waals surface area contributed by atoms with Crippen LogP contribution in [-0.2, 0) is 0 Å². The molecule has 4 nitrogen and oxygen atoms in total. The third-order valence-electron chi connectivity index (χ3n) is 1.25. The molecule has 0 rings (SSSR count). The molecule has 0 heterocycles. The molecular formula is C10H15N3O. The molecule has 0 spiro atoms. The Bertz CT molecular complexity index is 288. The topological polar surface area (TPSA) is 67.5 Å². The first kappa shape index (κ1) is 12.2. The highest BCUT2D eigenvalue weighted by Gasteiger charge is 1.81. The van der Waals surface area contributed by atoms with Gasteiger partial charge < -0.3 is 5.73 Å². The van der Waals surface area contributed by atoms with Gasteiger partial charge in [0.15, 0.2) is 0 Å². The summed E-state index contributed by atoms with van der Waals surface area (Å²) in [4.78, 5) is 10.2. The number of rotatable bonds is 4. The van der Waals surface area contributed by atoms with E-state index < -0.39 is 6.03 Å². The van der Waals surface area contributed by atoms with Gasteiger partial charge in [-0.2, -0.15) is 5.10 Å². The molecule has 76 valence electrons. The van der Waals surface area contributed by atoms with Gasteiger partial charge in [0.1, 0.15) is 0 Å². The van der Waals surface area contributed by atoms with Gasteiger partial charge in [-0.05, 0) is 25.5 Å². The Labute approximate surface area is 83.9 Å². The summed E-state index contributed by atoms with van der Waals surface area (Å²) in [5.41, 5.74) is 7.92. The molecule has 3 N–H and O–H groups in total. The summed E-state index contributed by atoms with van der Waals surface area (Å²) in [5.74, 6) is 0. The molecule has 0 bridgehead atoms. The minimum absolute atomic E-state index is 0.670. The van der Waals surface area contributed by atoms with E-state index in [9.17, 15) is 4.79 Å². The zero-order valence-corrected chi connectivity index (χ0v) is 8.40.